The lowest BCUT2D eigenvalue weighted by Gasteiger charge is -2.27. The van der Waals surface area contributed by atoms with Gasteiger partial charge in [-0.15, -0.1) is 0 Å². The van der Waals surface area contributed by atoms with Crippen LogP contribution in [0.4, 0.5) is 11.4 Å². The molecule has 1 aliphatic heterocycles. The molecule has 2 N–H and O–H groups in total. The number of nitrogen functional groups attached to an aromatic ring is 1. The molecule has 1 saturated heterocycles. The SMILES string of the molecule is COC(=O)c1cc(N)cc(Cl)c1N1CCCC(C)(C)CC1. The zero-order chi connectivity index (χ0) is 15.6. The number of nitrogens with two attached hydrogens (primary N) is 1. The number of esters is 1. The van der Waals surface area contributed by atoms with Crippen molar-refractivity contribution in [3.63, 3.8) is 0 Å². The summed E-state index contributed by atoms with van der Waals surface area (Å²) >= 11 is 6.36. The van der Waals surface area contributed by atoms with Crippen molar-refractivity contribution in [2.45, 2.75) is 33.1 Å². The van der Waals surface area contributed by atoms with E-state index in [2.05, 4.69) is 18.7 Å². The molecule has 0 aromatic heterocycles. The van der Waals surface area contributed by atoms with Crippen molar-refractivity contribution < 1.29 is 9.53 Å². The van der Waals surface area contributed by atoms with Gasteiger partial charge in [0, 0.05) is 18.8 Å². The summed E-state index contributed by atoms with van der Waals surface area (Å²) in [5, 5.41) is 0.509. The van der Waals surface area contributed by atoms with Gasteiger partial charge in [0.2, 0.25) is 0 Å². The molecule has 1 fully saturated rings. The molecule has 5 heteroatoms. The summed E-state index contributed by atoms with van der Waals surface area (Å²) in [4.78, 5) is 14.2. The zero-order valence-electron chi connectivity index (χ0n) is 12.9. The van der Waals surface area contributed by atoms with Crippen LogP contribution in [-0.2, 0) is 4.74 Å². The Balaban J connectivity index is 2.40. The second-order valence-electron chi connectivity index (χ2n) is 6.40. The van der Waals surface area contributed by atoms with Crippen LogP contribution in [0.15, 0.2) is 12.1 Å². The molecule has 0 spiro atoms. The van der Waals surface area contributed by atoms with Crippen molar-refractivity contribution in [1.82, 2.24) is 0 Å². The van der Waals surface area contributed by atoms with Crippen LogP contribution in [-0.4, -0.2) is 26.2 Å². The first-order valence-electron chi connectivity index (χ1n) is 7.26. The molecule has 0 unspecified atom stereocenters. The molecule has 1 aromatic rings. The predicted octanol–water partition coefficient (Wildman–Crippen LogP) is 3.73. The molecule has 0 radical (unpaired) electrons. The van der Waals surface area contributed by atoms with Crippen LogP contribution in [0.25, 0.3) is 0 Å². The number of carbonyl (C=O) groups excluding carboxylic acids is 1. The van der Waals surface area contributed by atoms with Crippen molar-refractivity contribution in [3.8, 4) is 0 Å². The van der Waals surface area contributed by atoms with Crippen LogP contribution in [0.5, 0.6) is 0 Å². The van der Waals surface area contributed by atoms with Crippen LogP contribution < -0.4 is 10.6 Å². The lowest BCUT2D eigenvalue weighted by atomic mass is 9.85. The molecule has 0 aliphatic carbocycles. The highest BCUT2D eigenvalue weighted by atomic mass is 35.5. The Morgan fingerprint density at radius 3 is 2.71 bits per heavy atom. The summed E-state index contributed by atoms with van der Waals surface area (Å²) in [6.45, 7) is 6.32. The summed E-state index contributed by atoms with van der Waals surface area (Å²) in [6, 6.07) is 3.34. The second-order valence-corrected chi connectivity index (χ2v) is 6.80. The highest BCUT2D eigenvalue weighted by Gasteiger charge is 2.27. The molecule has 116 valence electrons. The molecule has 4 nitrogen and oxygen atoms in total. The van der Waals surface area contributed by atoms with Crippen LogP contribution in [0.1, 0.15) is 43.5 Å². The maximum absolute atomic E-state index is 12.0. The number of ether oxygens (including phenoxy) is 1. The first-order valence-corrected chi connectivity index (χ1v) is 7.64. The Kier molecular flexibility index (Phi) is 4.67. The number of hydrogen-bond donors (Lipinski definition) is 1. The summed E-state index contributed by atoms with van der Waals surface area (Å²) in [5.41, 5.74) is 7.80. The molecular formula is C16H23ClN2O2. The number of nitrogens with zero attached hydrogens (tertiary/aromatic N) is 1. The van der Waals surface area contributed by atoms with Gasteiger partial charge in [-0.1, -0.05) is 25.4 Å². The zero-order valence-corrected chi connectivity index (χ0v) is 13.7. The van der Waals surface area contributed by atoms with Crippen LogP contribution in [0, 0.1) is 5.41 Å². The van der Waals surface area contributed by atoms with Gasteiger partial charge in [-0.2, -0.15) is 0 Å². The van der Waals surface area contributed by atoms with Gasteiger partial charge in [-0.05, 0) is 36.8 Å². The minimum atomic E-state index is -0.400. The molecule has 1 aliphatic rings. The van der Waals surface area contributed by atoms with Crippen molar-refractivity contribution in [1.29, 1.82) is 0 Å². The van der Waals surface area contributed by atoms with E-state index < -0.39 is 5.97 Å². The van der Waals surface area contributed by atoms with E-state index in [1.807, 2.05) is 0 Å². The fraction of sp³-hybridized carbons (Fsp3) is 0.562. The van der Waals surface area contributed by atoms with Gasteiger partial charge >= 0.3 is 5.97 Å². The maximum Gasteiger partial charge on any atom is 0.340 e. The fourth-order valence-corrected chi connectivity index (χ4v) is 3.20. The molecule has 2 rings (SSSR count). The summed E-state index contributed by atoms with van der Waals surface area (Å²) in [7, 11) is 1.37. The lowest BCUT2D eigenvalue weighted by Crippen LogP contribution is -2.27. The van der Waals surface area contributed by atoms with E-state index in [-0.39, 0.29) is 0 Å². The topological polar surface area (TPSA) is 55.6 Å². The third kappa shape index (κ3) is 3.62. The smallest absolute Gasteiger partial charge is 0.340 e. The number of hydrogen-bond acceptors (Lipinski definition) is 4. The average Bonchev–Trinajstić information content (AvgIpc) is 2.58. The third-order valence-corrected chi connectivity index (χ3v) is 4.44. The Morgan fingerprint density at radius 2 is 2.05 bits per heavy atom. The van der Waals surface area contributed by atoms with Gasteiger partial charge in [-0.25, -0.2) is 4.79 Å². The molecule has 0 amide bonds. The number of benzene rings is 1. The Morgan fingerprint density at radius 1 is 1.33 bits per heavy atom. The molecule has 1 heterocycles. The van der Waals surface area contributed by atoms with Crippen molar-refractivity contribution in [2.75, 3.05) is 30.8 Å². The highest BCUT2D eigenvalue weighted by Crippen LogP contribution is 2.37. The normalized spacial score (nSPS) is 18.2. The Bertz CT molecular complexity index is 543. The van der Waals surface area contributed by atoms with E-state index in [1.165, 1.54) is 13.5 Å². The third-order valence-electron chi connectivity index (χ3n) is 4.15. The van der Waals surface area contributed by atoms with Crippen molar-refractivity contribution in [3.05, 3.63) is 22.7 Å². The monoisotopic (exact) mass is 310 g/mol. The van der Waals surface area contributed by atoms with Gasteiger partial charge in [0.05, 0.1) is 23.4 Å². The van der Waals surface area contributed by atoms with Crippen LogP contribution in [0.2, 0.25) is 5.02 Å². The van der Waals surface area contributed by atoms with Gasteiger partial charge in [0.1, 0.15) is 0 Å². The van der Waals surface area contributed by atoms with E-state index in [1.54, 1.807) is 12.1 Å². The minimum Gasteiger partial charge on any atom is -0.465 e. The number of methoxy groups -OCH3 is 1. The number of anilines is 2. The van der Waals surface area contributed by atoms with Gasteiger partial charge < -0.3 is 15.4 Å². The quantitative estimate of drug-likeness (QED) is 0.668. The molecule has 0 atom stereocenters. The summed E-state index contributed by atoms with van der Waals surface area (Å²) in [6.07, 6.45) is 3.31. The van der Waals surface area contributed by atoms with E-state index >= 15 is 0 Å². The summed E-state index contributed by atoms with van der Waals surface area (Å²) in [5.74, 6) is -0.400. The number of halogens is 1. The largest absolute Gasteiger partial charge is 0.465 e. The van der Waals surface area contributed by atoms with Crippen LogP contribution >= 0.6 is 11.6 Å². The van der Waals surface area contributed by atoms with Crippen molar-refractivity contribution in [2.24, 2.45) is 5.41 Å². The molecular weight excluding hydrogens is 288 g/mol. The van der Waals surface area contributed by atoms with Crippen LogP contribution in [0.3, 0.4) is 0 Å². The standard InChI is InChI=1S/C16H23ClN2O2/c1-16(2)5-4-7-19(8-6-16)14-12(15(20)21-3)9-11(18)10-13(14)17/h9-10H,4-8,18H2,1-3H3. The van der Waals surface area contributed by atoms with E-state index in [0.29, 0.717) is 21.7 Å². The van der Waals surface area contributed by atoms with E-state index in [9.17, 15) is 4.79 Å². The lowest BCUT2D eigenvalue weighted by molar-refractivity contribution is 0.0601. The molecule has 1 aromatic carbocycles. The molecule has 0 saturated carbocycles. The maximum atomic E-state index is 12.0. The first kappa shape index (κ1) is 16.0. The second kappa shape index (κ2) is 6.14. The van der Waals surface area contributed by atoms with Gasteiger partial charge in [-0.3, -0.25) is 0 Å². The van der Waals surface area contributed by atoms with Gasteiger partial charge in [0.25, 0.3) is 0 Å². The Hall–Kier alpha value is -1.42. The first-order chi connectivity index (χ1) is 9.84. The average molecular weight is 311 g/mol. The van der Waals surface area contributed by atoms with E-state index in [0.717, 1.165) is 31.6 Å². The van der Waals surface area contributed by atoms with E-state index in [4.69, 9.17) is 22.1 Å². The fourth-order valence-electron chi connectivity index (χ4n) is 2.85. The number of rotatable bonds is 2. The predicted molar refractivity (Wildman–Crippen MR) is 87.0 cm³/mol. The highest BCUT2D eigenvalue weighted by molar-refractivity contribution is 6.34. The van der Waals surface area contributed by atoms with Crippen molar-refractivity contribution >= 4 is 28.9 Å². The Labute approximate surface area is 131 Å². The summed E-state index contributed by atoms with van der Waals surface area (Å²) < 4.78 is 4.87. The minimum absolute atomic E-state index is 0.320. The van der Waals surface area contributed by atoms with Gasteiger partial charge in [0.15, 0.2) is 0 Å². The molecule has 21 heavy (non-hydrogen) atoms. The number of carbonyl (C=O) groups is 1. The molecule has 0 bridgehead atoms.